The van der Waals surface area contributed by atoms with Crippen LogP contribution >= 0.6 is 12.2 Å². The van der Waals surface area contributed by atoms with E-state index in [1.54, 1.807) is 17.0 Å². The lowest BCUT2D eigenvalue weighted by Crippen LogP contribution is -2.36. The zero-order valence-electron chi connectivity index (χ0n) is 16.0. The Morgan fingerprint density at radius 1 is 0.862 bits per heavy atom. The van der Waals surface area contributed by atoms with Gasteiger partial charge in [0.25, 0.3) is 5.91 Å². The summed E-state index contributed by atoms with van der Waals surface area (Å²) in [7, 11) is 0. The van der Waals surface area contributed by atoms with E-state index in [9.17, 15) is 9.59 Å². The van der Waals surface area contributed by atoms with Crippen LogP contribution < -0.4 is 9.80 Å². The number of Topliss-reactive ketones (excluding diaryl/α,β-unsaturated/α-hetero) is 1. The SMILES string of the molecule is Cc1ccc(C(=O)C[C@H]2C(=O)N(c3ccccc3)C(=S)N2c2ccccc2)cc1. The lowest BCUT2D eigenvalue weighted by Gasteiger charge is -2.23. The quantitative estimate of drug-likeness (QED) is 0.457. The number of thiocarbonyl (C=S) groups is 1. The highest BCUT2D eigenvalue weighted by molar-refractivity contribution is 7.81. The molecule has 3 aromatic carbocycles. The van der Waals surface area contributed by atoms with Crippen molar-refractivity contribution >= 4 is 40.4 Å². The highest BCUT2D eigenvalue weighted by Crippen LogP contribution is 2.32. The fourth-order valence-corrected chi connectivity index (χ4v) is 3.93. The van der Waals surface area contributed by atoms with Gasteiger partial charge in [0.15, 0.2) is 10.9 Å². The Kier molecular flexibility index (Phi) is 5.23. The minimum Gasteiger partial charge on any atom is -0.305 e. The molecule has 29 heavy (non-hydrogen) atoms. The topological polar surface area (TPSA) is 40.6 Å². The third-order valence-corrected chi connectivity index (χ3v) is 5.39. The lowest BCUT2D eigenvalue weighted by atomic mass is 10.0. The molecular weight excluding hydrogens is 380 g/mol. The van der Waals surface area contributed by atoms with E-state index in [1.165, 1.54) is 4.90 Å². The number of aryl methyl sites for hydroxylation is 1. The second kappa shape index (κ2) is 7.97. The predicted molar refractivity (Wildman–Crippen MR) is 119 cm³/mol. The molecule has 0 bridgehead atoms. The van der Waals surface area contributed by atoms with E-state index in [0.717, 1.165) is 11.3 Å². The van der Waals surface area contributed by atoms with Crippen molar-refractivity contribution in [2.75, 3.05) is 9.80 Å². The molecular formula is C24H20N2O2S. The zero-order chi connectivity index (χ0) is 20.4. The van der Waals surface area contributed by atoms with Gasteiger partial charge in [-0.15, -0.1) is 0 Å². The predicted octanol–water partition coefficient (Wildman–Crippen LogP) is 4.77. The van der Waals surface area contributed by atoms with Gasteiger partial charge in [0.1, 0.15) is 6.04 Å². The molecule has 0 unspecified atom stereocenters. The van der Waals surface area contributed by atoms with Crippen molar-refractivity contribution < 1.29 is 9.59 Å². The number of hydrogen-bond acceptors (Lipinski definition) is 3. The van der Waals surface area contributed by atoms with Gasteiger partial charge in [0.05, 0.1) is 5.69 Å². The molecule has 0 spiro atoms. The number of ketones is 1. The molecule has 1 aliphatic heterocycles. The molecule has 1 heterocycles. The molecule has 4 rings (SSSR count). The summed E-state index contributed by atoms with van der Waals surface area (Å²) in [5.74, 6) is -0.271. The summed E-state index contributed by atoms with van der Waals surface area (Å²) in [4.78, 5) is 29.6. The van der Waals surface area contributed by atoms with E-state index < -0.39 is 6.04 Å². The van der Waals surface area contributed by atoms with Crippen LogP contribution in [0.4, 0.5) is 11.4 Å². The van der Waals surface area contributed by atoms with Crippen molar-refractivity contribution in [3.63, 3.8) is 0 Å². The van der Waals surface area contributed by atoms with Gasteiger partial charge in [-0.05, 0) is 43.4 Å². The Hall–Kier alpha value is -3.31. The van der Waals surface area contributed by atoms with Crippen LogP contribution in [0.15, 0.2) is 84.9 Å². The van der Waals surface area contributed by atoms with Gasteiger partial charge >= 0.3 is 0 Å². The van der Waals surface area contributed by atoms with Gasteiger partial charge in [-0.3, -0.25) is 14.5 Å². The summed E-state index contributed by atoms with van der Waals surface area (Å²) in [5.41, 5.74) is 3.18. The number of amides is 1. The summed E-state index contributed by atoms with van der Waals surface area (Å²) >= 11 is 5.69. The van der Waals surface area contributed by atoms with Crippen LogP contribution in [-0.2, 0) is 4.79 Å². The van der Waals surface area contributed by atoms with Crippen LogP contribution in [0.5, 0.6) is 0 Å². The van der Waals surface area contributed by atoms with Gasteiger partial charge in [0, 0.05) is 17.7 Å². The summed E-state index contributed by atoms with van der Waals surface area (Å²) in [6.45, 7) is 1.97. The normalized spacial score (nSPS) is 16.4. The minimum atomic E-state index is -0.682. The molecule has 1 fully saturated rings. The van der Waals surface area contributed by atoms with Crippen LogP contribution in [0.1, 0.15) is 22.3 Å². The Labute approximate surface area is 175 Å². The minimum absolute atomic E-state index is 0.0558. The number of carbonyl (C=O) groups is 2. The molecule has 5 heteroatoms. The molecule has 0 aliphatic carbocycles. The summed E-state index contributed by atoms with van der Waals surface area (Å²) in [6, 6.07) is 25.5. The van der Waals surface area contributed by atoms with E-state index in [4.69, 9.17) is 12.2 Å². The fraction of sp³-hybridized carbons (Fsp3) is 0.125. The van der Waals surface area contributed by atoms with E-state index in [2.05, 4.69) is 0 Å². The molecule has 0 N–H and O–H groups in total. The Balaban J connectivity index is 1.70. The van der Waals surface area contributed by atoms with Crippen molar-refractivity contribution in [1.82, 2.24) is 0 Å². The largest absolute Gasteiger partial charge is 0.305 e. The van der Waals surface area contributed by atoms with E-state index in [-0.39, 0.29) is 18.1 Å². The van der Waals surface area contributed by atoms with Crippen LogP contribution in [0.3, 0.4) is 0 Å². The van der Waals surface area contributed by atoms with E-state index in [1.807, 2.05) is 79.7 Å². The first kappa shape index (κ1) is 19.0. The van der Waals surface area contributed by atoms with Gasteiger partial charge in [-0.2, -0.15) is 0 Å². The first-order valence-electron chi connectivity index (χ1n) is 9.43. The number of carbonyl (C=O) groups excluding carboxylic acids is 2. The third-order valence-electron chi connectivity index (χ3n) is 5.02. The maximum absolute atomic E-state index is 13.4. The van der Waals surface area contributed by atoms with E-state index in [0.29, 0.717) is 16.4 Å². The first-order chi connectivity index (χ1) is 14.1. The maximum atomic E-state index is 13.4. The smallest absolute Gasteiger partial charge is 0.256 e. The van der Waals surface area contributed by atoms with Crippen LogP contribution in [0.2, 0.25) is 0 Å². The molecule has 144 valence electrons. The molecule has 1 aliphatic rings. The summed E-state index contributed by atoms with van der Waals surface area (Å²) in [6.07, 6.45) is 0.0558. The number of benzene rings is 3. The Morgan fingerprint density at radius 2 is 1.41 bits per heavy atom. The van der Waals surface area contributed by atoms with Gasteiger partial charge in [-0.25, -0.2) is 0 Å². The average Bonchev–Trinajstić information content (AvgIpc) is 2.99. The number of anilines is 2. The van der Waals surface area contributed by atoms with Crippen molar-refractivity contribution in [2.24, 2.45) is 0 Å². The molecule has 1 atom stereocenters. The van der Waals surface area contributed by atoms with Gasteiger partial charge in [-0.1, -0.05) is 66.2 Å². The molecule has 0 aromatic heterocycles. The van der Waals surface area contributed by atoms with Crippen molar-refractivity contribution in [3.8, 4) is 0 Å². The molecule has 1 saturated heterocycles. The average molecular weight is 401 g/mol. The zero-order valence-corrected chi connectivity index (χ0v) is 16.8. The number of hydrogen-bond donors (Lipinski definition) is 0. The molecule has 0 saturated carbocycles. The Bertz CT molecular complexity index is 1050. The second-order valence-electron chi connectivity index (χ2n) is 7.01. The third kappa shape index (κ3) is 3.69. The summed E-state index contributed by atoms with van der Waals surface area (Å²) < 4.78 is 0. The molecule has 4 nitrogen and oxygen atoms in total. The van der Waals surface area contributed by atoms with E-state index >= 15 is 0 Å². The highest BCUT2D eigenvalue weighted by atomic mass is 32.1. The molecule has 3 aromatic rings. The monoisotopic (exact) mass is 400 g/mol. The second-order valence-corrected chi connectivity index (χ2v) is 7.37. The van der Waals surface area contributed by atoms with Gasteiger partial charge < -0.3 is 4.90 Å². The van der Waals surface area contributed by atoms with Gasteiger partial charge in [0.2, 0.25) is 0 Å². The molecule has 1 amide bonds. The van der Waals surface area contributed by atoms with Crippen molar-refractivity contribution in [2.45, 2.75) is 19.4 Å². The number of nitrogens with zero attached hydrogens (tertiary/aromatic N) is 2. The fourth-order valence-electron chi connectivity index (χ4n) is 3.50. The number of rotatable bonds is 5. The Morgan fingerprint density at radius 3 is 2.00 bits per heavy atom. The standard InChI is InChI=1S/C24H20N2O2S/c1-17-12-14-18(15-13-17)22(27)16-21-23(28)26(20-10-6-3-7-11-20)24(29)25(21)19-8-4-2-5-9-19/h2-15,21H,16H2,1H3/t21-/m0/s1. The number of para-hydroxylation sites is 2. The first-order valence-corrected chi connectivity index (χ1v) is 9.84. The van der Waals surface area contributed by atoms with Crippen molar-refractivity contribution in [3.05, 3.63) is 96.1 Å². The van der Waals surface area contributed by atoms with Crippen LogP contribution in [-0.4, -0.2) is 22.8 Å². The van der Waals surface area contributed by atoms with Crippen LogP contribution in [0, 0.1) is 6.92 Å². The maximum Gasteiger partial charge on any atom is 0.256 e. The highest BCUT2D eigenvalue weighted by Gasteiger charge is 2.44. The lowest BCUT2D eigenvalue weighted by molar-refractivity contribution is -0.117. The van der Waals surface area contributed by atoms with Crippen molar-refractivity contribution in [1.29, 1.82) is 0 Å². The molecule has 0 radical (unpaired) electrons. The summed E-state index contributed by atoms with van der Waals surface area (Å²) in [5, 5.41) is 0.383. The van der Waals surface area contributed by atoms with Crippen LogP contribution in [0.25, 0.3) is 0 Å².